The largest absolute Gasteiger partial charge is 0.497 e. The highest BCUT2D eigenvalue weighted by Gasteiger charge is 2.51. The second-order valence-electron chi connectivity index (χ2n) is 5.06. The van der Waals surface area contributed by atoms with Crippen molar-refractivity contribution in [3.63, 3.8) is 0 Å². The lowest BCUT2D eigenvalue weighted by Gasteiger charge is -2.45. The van der Waals surface area contributed by atoms with Crippen LogP contribution in [0, 0.1) is 0 Å². The fourth-order valence-electron chi connectivity index (χ4n) is 2.33. The molecule has 0 atom stereocenters. The van der Waals surface area contributed by atoms with E-state index in [2.05, 4.69) is 5.32 Å². The van der Waals surface area contributed by atoms with Gasteiger partial charge in [0, 0.05) is 18.2 Å². The average Bonchev–Trinajstić information content (AvgIpc) is 2.45. The molecule has 1 amide bonds. The number of ether oxygens (including phenoxy) is 2. The number of rotatable bonds is 6. The van der Waals surface area contributed by atoms with Crippen molar-refractivity contribution in [3.8, 4) is 11.5 Å². The molecule has 0 aliphatic carbocycles. The molecule has 8 heteroatoms. The first kappa shape index (κ1) is 15.9. The minimum Gasteiger partial charge on any atom is -0.497 e. The first-order valence-corrected chi connectivity index (χ1v) is 6.59. The van der Waals surface area contributed by atoms with Gasteiger partial charge in [-0.05, 0) is 6.07 Å². The van der Waals surface area contributed by atoms with Crippen molar-refractivity contribution in [3.05, 3.63) is 23.8 Å². The van der Waals surface area contributed by atoms with Crippen molar-refractivity contribution in [1.82, 2.24) is 10.2 Å². The maximum absolute atomic E-state index is 11.4. The summed E-state index contributed by atoms with van der Waals surface area (Å²) in [4.78, 5) is 23.3. The highest BCUT2D eigenvalue weighted by Crippen LogP contribution is 2.27. The van der Waals surface area contributed by atoms with Crippen molar-refractivity contribution >= 4 is 12.1 Å². The van der Waals surface area contributed by atoms with Crippen molar-refractivity contribution in [2.75, 3.05) is 27.3 Å². The second kappa shape index (κ2) is 6.10. The summed E-state index contributed by atoms with van der Waals surface area (Å²) in [6.45, 7) is 0.0687. The normalized spacial score (nSPS) is 15.8. The molecule has 120 valence electrons. The van der Waals surface area contributed by atoms with E-state index in [4.69, 9.17) is 14.6 Å². The van der Waals surface area contributed by atoms with E-state index in [1.807, 2.05) is 0 Å². The molecule has 1 aromatic carbocycles. The zero-order valence-electron chi connectivity index (χ0n) is 12.3. The first-order valence-electron chi connectivity index (χ1n) is 6.59. The third-order valence-corrected chi connectivity index (χ3v) is 3.71. The molecule has 0 radical (unpaired) electrons. The molecule has 0 spiro atoms. The predicted octanol–water partition coefficient (Wildman–Crippen LogP) is 0.610. The van der Waals surface area contributed by atoms with Crippen LogP contribution in [0.2, 0.25) is 0 Å². The number of benzene rings is 1. The third-order valence-electron chi connectivity index (χ3n) is 3.71. The molecule has 1 fully saturated rings. The number of nitrogens with zero attached hydrogens (tertiary/aromatic N) is 1. The van der Waals surface area contributed by atoms with Gasteiger partial charge in [0.15, 0.2) is 5.54 Å². The van der Waals surface area contributed by atoms with Crippen LogP contribution in [-0.4, -0.2) is 60.0 Å². The highest BCUT2D eigenvalue weighted by atomic mass is 16.5. The number of carboxylic acids is 1. The Hall–Kier alpha value is -2.48. The monoisotopic (exact) mass is 310 g/mol. The van der Waals surface area contributed by atoms with Crippen LogP contribution >= 0.6 is 0 Å². The molecule has 1 heterocycles. The molecular formula is C14H18N2O6. The van der Waals surface area contributed by atoms with Gasteiger partial charge in [-0.25, -0.2) is 4.79 Å². The number of aliphatic carboxylic acids is 1. The minimum atomic E-state index is -1.26. The summed E-state index contributed by atoms with van der Waals surface area (Å²) < 4.78 is 10.4. The Bertz CT molecular complexity index is 583. The number of methoxy groups -OCH3 is 2. The molecule has 8 nitrogen and oxygen atoms in total. The van der Waals surface area contributed by atoms with Gasteiger partial charge in [-0.2, -0.15) is 0 Å². The average molecular weight is 310 g/mol. The van der Waals surface area contributed by atoms with E-state index < -0.39 is 17.6 Å². The smallest absolute Gasteiger partial charge is 0.407 e. The molecule has 0 aromatic heterocycles. The summed E-state index contributed by atoms with van der Waals surface area (Å²) in [5.41, 5.74) is -0.499. The van der Waals surface area contributed by atoms with Gasteiger partial charge in [0.05, 0.1) is 27.3 Å². The minimum absolute atomic E-state index is 0.0872. The van der Waals surface area contributed by atoms with E-state index in [9.17, 15) is 14.7 Å². The van der Waals surface area contributed by atoms with E-state index in [1.54, 1.807) is 25.3 Å². The van der Waals surface area contributed by atoms with Gasteiger partial charge in [0.1, 0.15) is 11.5 Å². The van der Waals surface area contributed by atoms with Crippen LogP contribution < -0.4 is 14.8 Å². The van der Waals surface area contributed by atoms with E-state index in [0.717, 1.165) is 10.5 Å². The highest BCUT2D eigenvalue weighted by molar-refractivity contribution is 5.84. The van der Waals surface area contributed by atoms with Crippen LogP contribution in [0.3, 0.4) is 0 Å². The van der Waals surface area contributed by atoms with Crippen molar-refractivity contribution in [1.29, 1.82) is 0 Å². The van der Waals surface area contributed by atoms with Crippen LogP contribution in [0.5, 0.6) is 11.5 Å². The number of nitrogens with one attached hydrogen (secondary N) is 1. The lowest BCUT2D eigenvalue weighted by atomic mass is 9.90. The van der Waals surface area contributed by atoms with E-state index in [-0.39, 0.29) is 19.6 Å². The number of amides is 1. The van der Waals surface area contributed by atoms with Crippen molar-refractivity contribution in [2.45, 2.75) is 12.1 Å². The zero-order valence-corrected chi connectivity index (χ0v) is 12.3. The van der Waals surface area contributed by atoms with Gasteiger partial charge < -0.3 is 24.6 Å². The topological polar surface area (TPSA) is 108 Å². The maximum atomic E-state index is 11.4. The molecule has 1 aromatic rings. The number of carbonyl (C=O) groups is 2. The third kappa shape index (κ3) is 2.91. The van der Waals surface area contributed by atoms with Crippen LogP contribution in [-0.2, 0) is 11.3 Å². The molecule has 22 heavy (non-hydrogen) atoms. The maximum Gasteiger partial charge on any atom is 0.407 e. The Balaban J connectivity index is 2.08. The number of carboxylic acid groups (broad SMARTS) is 2. The number of hydrogen-bond donors (Lipinski definition) is 3. The van der Waals surface area contributed by atoms with Gasteiger partial charge in [-0.1, -0.05) is 6.07 Å². The summed E-state index contributed by atoms with van der Waals surface area (Å²) in [6.07, 6.45) is -1.12. The Morgan fingerprint density at radius 3 is 2.45 bits per heavy atom. The summed E-state index contributed by atoms with van der Waals surface area (Å²) in [5.74, 6) is 0.133. The second-order valence-corrected chi connectivity index (χ2v) is 5.06. The molecule has 0 saturated carbocycles. The Kier molecular flexibility index (Phi) is 4.41. The molecule has 1 aliphatic heterocycles. The molecule has 3 N–H and O–H groups in total. The van der Waals surface area contributed by atoms with Gasteiger partial charge >= 0.3 is 12.1 Å². The quantitative estimate of drug-likeness (QED) is 0.706. The van der Waals surface area contributed by atoms with E-state index >= 15 is 0 Å². The zero-order chi connectivity index (χ0) is 16.3. The molecule has 0 unspecified atom stereocenters. The lowest BCUT2D eigenvalue weighted by molar-refractivity contribution is -0.151. The molecule has 0 bridgehead atoms. The SMILES string of the molecule is COc1ccc(CNC2(C(=O)O)CN(C(=O)O)C2)c(OC)c1. The van der Waals surface area contributed by atoms with E-state index in [0.29, 0.717) is 11.5 Å². The fourth-order valence-corrected chi connectivity index (χ4v) is 2.33. The number of likely N-dealkylation sites (tertiary alicyclic amines) is 1. The van der Waals surface area contributed by atoms with Crippen molar-refractivity contribution < 1.29 is 29.3 Å². The number of hydrogen-bond acceptors (Lipinski definition) is 5. The van der Waals surface area contributed by atoms with Crippen LogP contribution in [0.1, 0.15) is 5.56 Å². The Morgan fingerprint density at radius 2 is 1.95 bits per heavy atom. The van der Waals surface area contributed by atoms with Gasteiger partial charge in [-0.15, -0.1) is 0 Å². The van der Waals surface area contributed by atoms with Gasteiger partial charge in [0.25, 0.3) is 0 Å². The molecular weight excluding hydrogens is 292 g/mol. The molecule has 1 saturated heterocycles. The van der Waals surface area contributed by atoms with Crippen molar-refractivity contribution in [2.24, 2.45) is 0 Å². The molecule has 1 aliphatic rings. The lowest BCUT2D eigenvalue weighted by Crippen LogP contribution is -2.73. The van der Waals surface area contributed by atoms with Gasteiger partial charge in [0.2, 0.25) is 0 Å². The first-order chi connectivity index (χ1) is 10.4. The fraction of sp³-hybridized carbons (Fsp3) is 0.429. The standard InChI is InChI=1S/C14H18N2O6/c1-21-10-4-3-9(11(5-10)22-2)6-15-14(12(17)18)7-16(8-14)13(19)20/h3-5,15H,6-8H2,1-2H3,(H,17,18)(H,19,20). The predicted molar refractivity (Wildman–Crippen MR) is 76.4 cm³/mol. The summed E-state index contributed by atoms with van der Waals surface area (Å²) in [5, 5.41) is 21.1. The summed E-state index contributed by atoms with van der Waals surface area (Å²) >= 11 is 0. The van der Waals surface area contributed by atoms with Crippen LogP contribution in [0.4, 0.5) is 4.79 Å². The Morgan fingerprint density at radius 1 is 1.27 bits per heavy atom. The van der Waals surface area contributed by atoms with Gasteiger partial charge in [-0.3, -0.25) is 10.1 Å². The van der Waals surface area contributed by atoms with E-state index in [1.165, 1.54) is 7.11 Å². The van der Waals surface area contributed by atoms with Crippen LogP contribution in [0.15, 0.2) is 18.2 Å². The molecule has 2 rings (SSSR count). The summed E-state index contributed by atoms with van der Waals surface area (Å²) in [7, 11) is 3.06. The summed E-state index contributed by atoms with van der Waals surface area (Å²) in [6, 6.07) is 5.22. The van der Waals surface area contributed by atoms with Crippen LogP contribution in [0.25, 0.3) is 0 Å². The Labute approximate surface area is 127 Å².